The molecule has 1 aliphatic rings. The van der Waals surface area contributed by atoms with Crippen LogP contribution in [0.1, 0.15) is 64.2 Å². The Balaban J connectivity index is 1.75. The van der Waals surface area contributed by atoms with Crippen molar-refractivity contribution >= 4 is 51.1 Å². The Morgan fingerprint density at radius 3 is 2.33 bits per heavy atom. The summed E-state index contributed by atoms with van der Waals surface area (Å²) in [7, 11) is 0. The van der Waals surface area contributed by atoms with E-state index in [9.17, 15) is 19.2 Å². The number of nitrogens with one attached hydrogen (secondary N) is 3. The molecule has 4 amide bonds. The highest BCUT2D eigenvalue weighted by atomic mass is 79.9. The van der Waals surface area contributed by atoms with Crippen LogP contribution in [0.2, 0.25) is 0 Å². The number of ether oxygens (including phenoxy) is 1. The van der Waals surface area contributed by atoms with Crippen molar-refractivity contribution in [2.75, 3.05) is 17.2 Å². The van der Waals surface area contributed by atoms with Crippen molar-refractivity contribution in [1.82, 2.24) is 10.2 Å². The van der Waals surface area contributed by atoms with Gasteiger partial charge in [-0.2, -0.15) is 0 Å². The second-order valence-electron chi connectivity index (χ2n) is 11.0. The Kier molecular flexibility index (Phi) is 10.1. The molecular formula is C29H37BrN4O5. The van der Waals surface area contributed by atoms with Crippen LogP contribution in [0.5, 0.6) is 0 Å². The first-order chi connectivity index (χ1) is 18.3. The fourth-order valence-electron chi connectivity index (χ4n) is 4.35. The van der Waals surface area contributed by atoms with Gasteiger partial charge in [0.15, 0.2) is 0 Å². The average molecular weight is 602 g/mol. The monoisotopic (exact) mass is 600 g/mol. The molecule has 0 saturated carbocycles. The maximum atomic E-state index is 13.6. The molecule has 0 bridgehead atoms. The number of rotatable bonds is 8. The number of carbonyl (C=O) groups is 4. The van der Waals surface area contributed by atoms with Gasteiger partial charge in [0.1, 0.15) is 17.7 Å². The maximum Gasteiger partial charge on any atom is 0.408 e. The molecule has 210 valence electrons. The summed E-state index contributed by atoms with van der Waals surface area (Å²) in [4.78, 5) is 53.9. The van der Waals surface area contributed by atoms with E-state index in [1.54, 1.807) is 62.1 Å². The third-order valence-corrected chi connectivity index (χ3v) is 6.59. The molecular weight excluding hydrogens is 564 g/mol. The molecule has 3 rings (SSSR count). The zero-order chi connectivity index (χ0) is 28.7. The SMILES string of the molecule is CC(C)C[C@@H](NC(=O)OC(C)(C)C)C(=O)Nc1ccccc1C(=O)N1CCC[C@H]1C(=O)Nc1ccc(Br)cc1. The second kappa shape index (κ2) is 13.1. The van der Waals surface area contributed by atoms with E-state index in [0.717, 1.165) is 4.47 Å². The standard InChI is InChI=1S/C29H37BrN4O5/c1-18(2)17-23(33-28(38)39-29(3,4)5)25(35)32-22-10-7-6-9-21(22)27(37)34-16-8-11-24(34)26(36)31-20-14-12-19(30)13-15-20/h6-7,9-10,12-15,18,23-24H,8,11,16-17H2,1-5H3,(H,31,36)(H,32,35)(H,33,38)/t23-,24+/m1/s1. The van der Waals surface area contributed by atoms with Gasteiger partial charge in [-0.05, 0) is 82.3 Å². The first kappa shape index (κ1) is 30.1. The van der Waals surface area contributed by atoms with Gasteiger partial charge < -0.3 is 25.6 Å². The molecule has 3 N–H and O–H groups in total. The van der Waals surface area contributed by atoms with Crippen molar-refractivity contribution in [3.05, 3.63) is 58.6 Å². The Hall–Kier alpha value is -3.40. The number of likely N-dealkylation sites (tertiary alicyclic amines) is 1. The molecule has 1 fully saturated rings. The third kappa shape index (κ3) is 8.81. The minimum atomic E-state index is -0.862. The van der Waals surface area contributed by atoms with Crippen LogP contribution < -0.4 is 16.0 Å². The molecule has 0 unspecified atom stereocenters. The number of halogens is 1. The Bertz CT molecular complexity index is 1190. The zero-order valence-electron chi connectivity index (χ0n) is 23.0. The van der Waals surface area contributed by atoms with Gasteiger partial charge >= 0.3 is 6.09 Å². The summed E-state index contributed by atoms with van der Waals surface area (Å²) in [6, 6.07) is 12.4. The van der Waals surface area contributed by atoms with Gasteiger partial charge in [0.2, 0.25) is 11.8 Å². The van der Waals surface area contributed by atoms with Crippen LogP contribution in [0.15, 0.2) is 53.0 Å². The number of hydrogen-bond donors (Lipinski definition) is 3. The van der Waals surface area contributed by atoms with Crippen LogP contribution in [-0.4, -0.2) is 52.9 Å². The van der Waals surface area contributed by atoms with Gasteiger partial charge in [-0.15, -0.1) is 0 Å². The minimum absolute atomic E-state index is 0.113. The van der Waals surface area contributed by atoms with Crippen LogP contribution in [0, 0.1) is 5.92 Å². The number of benzene rings is 2. The smallest absolute Gasteiger partial charge is 0.408 e. The van der Waals surface area contributed by atoms with E-state index in [0.29, 0.717) is 37.2 Å². The highest BCUT2D eigenvalue weighted by Gasteiger charge is 2.36. The number of nitrogens with zero attached hydrogens (tertiary/aromatic N) is 1. The van der Waals surface area contributed by atoms with E-state index < -0.39 is 29.7 Å². The molecule has 39 heavy (non-hydrogen) atoms. The lowest BCUT2D eigenvalue weighted by molar-refractivity contribution is -0.120. The summed E-state index contributed by atoms with van der Waals surface area (Å²) in [6.45, 7) is 9.56. The molecule has 0 spiro atoms. The summed E-state index contributed by atoms with van der Waals surface area (Å²) in [6.07, 6.45) is 0.920. The molecule has 1 aliphatic heterocycles. The fraction of sp³-hybridized carbons (Fsp3) is 0.448. The predicted octanol–water partition coefficient (Wildman–Crippen LogP) is 5.57. The summed E-state index contributed by atoms with van der Waals surface area (Å²) in [5.41, 5.74) is 0.516. The molecule has 10 heteroatoms. The lowest BCUT2D eigenvalue weighted by Gasteiger charge is -2.26. The van der Waals surface area contributed by atoms with Crippen molar-refractivity contribution in [3.63, 3.8) is 0 Å². The second-order valence-corrected chi connectivity index (χ2v) is 11.9. The number of alkyl carbamates (subject to hydrolysis) is 1. The van der Waals surface area contributed by atoms with Gasteiger partial charge in [0.05, 0.1) is 11.3 Å². The van der Waals surface area contributed by atoms with Crippen molar-refractivity contribution in [2.45, 2.75) is 71.6 Å². The van der Waals surface area contributed by atoms with Crippen LogP contribution in [-0.2, 0) is 14.3 Å². The number of carbonyl (C=O) groups excluding carboxylic acids is 4. The molecule has 1 heterocycles. The summed E-state index contributed by atoms with van der Waals surface area (Å²) < 4.78 is 6.23. The summed E-state index contributed by atoms with van der Waals surface area (Å²) in [5, 5.41) is 8.36. The summed E-state index contributed by atoms with van der Waals surface area (Å²) in [5.74, 6) is -0.953. The van der Waals surface area contributed by atoms with Crippen molar-refractivity contribution in [2.24, 2.45) is 5.92 Å². The van der Waals surface area contributed by atoms with Gasteiger partial charge in [-0.25, -0.2) is 4.79 Å². The lowest BCUT2D eigenvalue weighted by atomic mass is 10.0. The quantitative estimate of drug-likeness (QED) is 0.366. The van der Waals surface area contributed by atoms with Crippen molar-refractivity contribution in [1.29, 1.82) is 0 Å². The van der Waals surface area contributed by atoms with Crippen LogP contribution in [0.4, 0.5) is 16.2 Å². The maximum absolute atomic E-state index is 13.6. The van der Waals surface area contributed by atoms with Gasteiger partial charge in [0.25, 0.3) is 5.91 Å². The van der Waals surface area contributed by atoms with Gasteiger partial charge in [0, 0.05) is 16.7 Å². The van der Waals surface area contributed by atoms with Gasteiger partial charge in [-0.1, -0.05) is 41.9 Å². The number of hydrogen-bond acceptors (Lipinski definition) is 5. The third-order valence-electron chi connectivity index (χ3n) is 6.06. The zero-order valence-corrected chi connectivity index (χ0v) is 24.6. The molecule has 1 saturated heterocycles. The predicted molar refractivity (Wildman–Crippen MR) is 155 cm³/mol. The molecule has 2 atom stereocenters. The van der Waals surface area contributed by atoms with E-state index in [1.165, 1.54) is 0 Å². The number of para-hydroxylation sites is 1. The Labute approximate surface area is 238 Å². The molecule has 2 aromatic carbocycles. The first-order valence-electron chi connectivity index (χ1n) is 13.1. The van der Waals surface area contributed by atoms with E-state index in [1.807, 2.05) is 26.0 Å². The van der Waals surface area contributed by atoms with Crippen LogP contribution >= 0.6 is 15.9 Å². The van der Waals surface area contributed by atoms with Gasteiger partial charge in [-0.3, -0.25) is 14.4 Å². The Morgan fingerprint density at radius 1 is 1.03 bits per heavy atom. The highest BCUT2D eigenvalue weighted by Crippen LogP contribution is 2.26. The highest BCUT2D eigenvalue weighted by molar-refractivity contribution is 9.10. The largest absolute Gasteiger partial charge is 0.444 e. The number of amides is 4. The Morgan fingerprint density at radius 2 is 1.69 bits per heavy atom. The minimum Gasteiger partial charge on any atom is -0.444 e. The van der Waals surface area contributed by atoms with E-state index in [4.69, 9.17) is 4.74 Å². The van der Waals surface area contributed by atoms with E-state index in [2.05, 4.69) is 31.9 Å². The van der Waals surface area contributed by atoms with E-state index >= 15 is 0 Å². The topological polar surface area (TPSA) is 117 Å². The lowest BCUT2D eigenvalue weighted by Crippen LogP contribution is -2.47. The molecule has 2 aromatic rings. The van der Waals surface area contributed by atoms with Crippen LogP contribution in [0.25, 0.3) is 0 Å². The molecule has 0 aromatic heterocycles. The fourth-order valence-corrected chi connectivity index (χ4v) is 4.61. The summed E-state index contributed by atoms with van der Waals surface area (Å²) >= 11 is 3.38. The molecule has 9 nitrogen and oxygen atoms in total. The number of anilines is 2. The van der Waals surface area contributed by atoms with E-state index in [-0.39, 0.29) is 23.3 Å². The average Bonchev–Trinajstić information content (AvgIpc) is 3.34. The first-order valence-corrected chi connectivity index (χ1v) is 13.9. The van der Waals surface area contributed by atoms with Crippen molar-refractivity contribution in [3.8, 4) is 0 Å². The molecule has 0 radical (unpaired) electrons. The van der Waals surface area contributed by atoms with Crippen molar-refractivity contribution < 1.29 is 23.9 Å². The van der Waals surface area contributed by atoms with Crippen LogP contribution in [0.3, 0.4) is 0 Å². The normalized spacial score (nSPS) is 16.0. The molecule has 0 aliphatic carbocycles.